The first-order valence-electron chi connectivity index (χ1n) is 8.97. The zero-order chi connectivity index (χ0) is 18.8. The van der Waals surface area contributed by atoms with E-state index in [1.165, 1.54) is 5.56 Å². The predicted molar refractivity (Wildman–Crippen MR) is 108 cm³/mol. The fourth-order valence-electron chi connectivity index (χ4n) is 2.85. The maximum atomic E-state index is 11.9. The highest BCUT2D eigenvalue weighted by molar-refractivity contribution is 5.94. The van der Waals surface area contributed by atoms with Crippen LogP contribution in [0, 0.1) is 5.92 Å². The van der Waals surface area contributed by atoms with E-state index in [1.54, 1.807) is 0 Å². The zero-order valence-electron chi connectivity index (χ0n) is 15.3. The van der Waals surface area contributed by atoms with E-state index in [9.17, 15) is 4.79 Å². The predicted octanol–water partition coefficient (Wildman–Crippen LogP) is 5.76. The first-order chi connectivity index (χ1) is 13.1. The Labute approximate surface area is 157 Å². The average Bonchev–Trinajstić information content (AvgIpc) is 3.12. The first-order valence-corrected chi connectivity index (χ1v) is 8.97. The Morgan fingerprint density at radius 2 is 1.56 bits per heavy atom. The summed E-state index contributed by atoms with van der Waals surface area (Å²) >= 11 is 0. The summed E-state index contributed by atoms with van der Waals surface area (Å²) in [4.78, 5) is 16.4. The van der Waals surface area contributed by atoms with Gasteiger partial charge in [0.15, 0.2) is 5.58 Å². The number of aromatic nitrogens is 1. The Morgan fingerprint density at radius 3 is 2.26 bits per heavy atom. The minimum atomic E-state index is -0.0725. The third kappa shape index (κ3) is 3.60. The highest BCUT2D eigenvalue weighted by Gasteiger charge is 2.11. The summed E-state index contributed by atoms with van der Waals surface area (Å²) in [6, 6.07) is 23.9. The smallest absolute Gasteiger partial charge is 0.227 e. The molecule has 134 valence electrons. The highest BCUT2D eigenvalue weighted by Crippen LogP contribution is 2.28. The zero-order valence-corrected chi connectivity index (χ0v) is 15.3. The molecule has 0 saturated heterocycles. The molecule has 0 unspecified atom stereocenters. The lowest BCUT2D eigenvalue weighted by Crippen LogP contribution is -2.17. The first kappa shape index (κ1) is 17.0. The SMILES string of the molecule is CC(C)C(=O)Nc1ccc2oc(-c3ccc(-c4ccccc4)cc3)nc2c1. The third-order valence-corrected chi connectivity index (χ3v) is 4.42. The molecule has 1 amide bonds. The number of hydrogen-bond donors (Lipinski definition) is 1. The number of oxazole rings is 1. The molecule has 3 aromatic carbocycles. The standard InChI is InChI=1S/C23H20N2O2/c1-15(2)22(26)24-19-12-13-21-20(14-19)25-23(27-21)18-10-8-17(9-11-18)16-6-4-3-5-7-16/h3-15H,1-2H3,(H,24,26). The van der Waals surface area contributed by atoms with Crippen molar-refractivity contribution < 1.29 is 9.21 Å². The van der Waals surface area contributed by atoms with E-state index in [4.69, 9.17) is 4.42 Å². The van der Waals surface area contributed by atoms with Crippen molar-refractivity contribution in [2.24, 2.45) is 5.92 Å². The van der Waals surface area contributed by atoms with Crippen LogP contribution in [0.1, 0.15) is 13.8 Å². The lowest BCUT2D eigenvalue weighted by atomic mass is 10.0. The molecule has 0 aliphatic heterocycles. The molecule has 0 aliphatic rings. The molecule has 0 aliphatic carbocycles. The van der Waals surface area contributed by atoms with Gasteiger partial charge in [-0.05, 0) is 41.5 Å². The number of carbonyl (C=O) groups excluding carboxylic acids is 1. The van der Waals surface area contributed by atoms with Crippen molar-refractivity contribution in [1.29, 1.82) is 0 Å². The number of nitrogens with one attached hydrogen (secondary N) is 1. The van der Waals surface area contributed by atoms with Crippen molar-refractivity contribution in [2.75, 3.05) is 5.32 Å². The number of rotatable bonds is 4. The Morgan fingerprint density at radius 1 is 0.889 bits per heavy atom. The van der Waals surface area contributed by atoms with Crippen LogP contribution in [-0.2, 0) is 4.79 Å². The van der Waals surface area contributed by atoms with Crippen LogP contribution in [0.4, 0.5) is 5.69 Å². The molecule has 1 heterocycles. The Hall–Kier alpha value is -3.40. The molecule has 4 nitrogen and oxygen atoms in total. The van der Waals surface area contributed by atoms with E-state index in [2.05, 4.69) is 34.6 Å². The molecule has 1 aromatic heterocycles. The Bertz CT molecular complexity index is 1080. The quantitative estimate of drug-likeness (QED) is 0.506. The summed E-state index contributed by atoms with van der Waals surface area (Å²) in [5, 5.41) is 2.89. The molecule has 0 radical (unpaired) electrons. The molecular formula is C23H20N2O2. The Kier molecular flexibility index (Phi) is 4.47. The van der Waals surface area contributed by atoms with Gasteiger partial charge in [0.1, 0.15) is 5.52 Å². The van der Waals surface area contributed by atoms with Crippen LogP contribution in [0.3, 0.4) is 0 Å². The van der Waals surface area contributed by atoms with Crippen LogP contribution >= 0.6 is 0 Å². The second-order valence-electron chi connectivity index (χ2n) is 6.79. The van der Waals surface area contributed by atoms with E-state index < -0.39 is 0 Å². The number of benzene rings is 3. The molecule has 0 spiro atoms. The van der Waals surface area contributed by atoms with Crippen LogP contribution in [0.25, 0.3) is 33.7 Å². The van der Waals surface area contributed by atoms with Crippen molar-refractivity contribution in [3.63, 3.8) is 0 Å². The number of hydrogen-bond acceptors (Lipinski definition) is 3. The van der Waals surface area contributed by atoms with Gasteiger partial charge in [-0.3, -0.25) is 4.79 Å². The van der Waals surface area contributed by atoms with Crippen molar-refractivity contribution in [3.05, 3.63) is 72.8 Å². The van der Waals surface area contributed by atoms with Crippen LogP contribution in [0.15, 0.2) is 77.2 Å². The number of amides is 1. The fraction of sp³-hybridized carbons (Fsp3) is 0.130. The van der Waals surface area contributed by atoms with Crippen molar-refractivity contribution in [2.45, 2.75) is 13.8 Å². The largest absolute Gasteiger partial charge is 0.436 e. The summed E-state index contributed by atoms with van der Waals surface area (Å²) in [6.45, 7) is 3.72. The van der Waals surface area contributed by atoms with Crippen molar-refractivity contribution >= 4 is 22.7 Å². The minimum absolute atomic E-state index is 0.0189. The van der Waals surface area contributed by atoms with Gasteiger partial charge < -0.3 is 9.73 Å². The number of anilines is 1. The lowest BCUT2D eigenvalue weighted by Gasteiger charge is -2.06. The van der Waals surface area contributed by atoms with E-state index in [-0.39, 0.29) is 11.8 Å². The molecule has 4 aromatic rings. The monoisotopic (exact) mass is 356 g/mol. The third-order valence-electron chi connectivity index (χ3n) is 4.42. The molecule has 0 fully saturated rings. The van der Waals surface area contributed by atoms with Crippen molar-refractivity contribution in [1.82, 2.24) is 4.98 Å². The summed E-state index contributed by atoms with van der Waals surface area (Å²) in [7, 11) is 0. The number of nitrogens with zero attached hydrogens (tertiary/aromatic N) is 1. The van der Waals surface area contributed by atoms with Gasteiger partial charge in [0, 0.05) is 17.2 Å². The second kappa shape index (κ2) is 7.08. The van der Waals surface area contributed by atoms with Crippen molar-refractivity contribution in [3.8, 4) is 22.6 Å². The molecule has 4 heteroatoms. The average molecular weight is 356 g/mol. The topological polar surface area (TPSA) is 55.1 Å². The van der Waals surface area contributed by atoms with Gasteiger partial charge in [0.05, 0.1) is 0 Å². The van der Waals surface area contributed by atoms with Crippen LogP contribution in [0.2, 0.25) is 0 Å². The Balaban J connectivity index is 1.61. The van der Waals surface area contributed by atoms with Gasteiger partial charge in [0.2, 0.25) is 11.8 Å². The maximum Gasteiger partial charge on any atom is 0.227 e. The van der Waals surface area contributed by atoms with Crippen LogP contribution in [-0.4, -0.2) is 10.9 Å². The van der Waals surface area contributed by atoms with Gasteiger partial charge in [-0.2, -0.15) is 0 Å². The van der Waals surface area contributed by atoms with Gasteiger partial charge in [-0.25, -0.2) is 4.98 Å². The van der Waals surface area contributed by atoms with E-state index in [0.29, 0.717) is 11.5 Å². The fourth-order valence-corrected chi connectivity index (χ4v) is 2.85. The minimum Gasteiger partial charge on any atom is -0.436 e. The second-order valence-corrected chi connectivity index (χ2v) is 6.79. The van der Waals surface area contributed by atoms with Crippen LogP contribution < -0.4 is 5.32 Å². The molecule has 0 atom stereocenters. The number of carbonyl (C=O) groups is 1. The maximum absolute atomic E-state index is 11.9. The molecular weight excluding hydrogens is 336 g/mol. The highest BCUT2D eigenvalue weighted by atomic mass is 16.3. The van der Waals surface area contributed by atoms with Gasteiger partial charge in [-0.1, -0.05) is 56.3 Å². The van der Waals surface area contributed by atoms with Crippen LogP contribution in [0.5, 0.6) is 0 Å². The summed E-state index contributed by atoms with van der Waals surface area (Å²) < 4.78 is 5.88. The van der Waals surface area contributed by atoms with Gasteiger partial charge in [-0.15, -0.1) is 0 Å². The van der Waals surface area contributed by atoms with E-state index in [0.717, 1.165) is 22.3 Å². The lowest BCUT2D eigenvalue weighted by molar-refractivity contribution is -0.118. The summed E-state index contributed by atoms with van der Waals surface area (Å²) in [5.41, 5.74) is 5.37. The molecule has 27 heavy (non-hydrogen) atoms. The molecule has 4 rings (SSSR count). The van der Waals surface area contributed by atoms with Gasteiger partial charge in [0.25, 0.3) is 0 Å². The molecule has 0 saturated carbocycles. The van der Waals surface area contributed by atoms with E-state index in [1.807, 2.05) is 62.4 Å². The molecule has 0 bridgehead atoms. The summed E-state index contributed by atoms with van der Waals surface area (Å²) in [5.74, 6) is 0.475. The van der Waals surface area contributed by atoms with Gasteiger partial charge >= 0.3 is 0 Å². The normalized spacial score (nSPS) is 11.1. The molecule has 1 N–H and O–H groups in total. The number of fused-ring (bicyclic) bond motifs is 1. The summed E-state index contributed by atoms with van der Waals surface area (Å²) in [6.07, 6.45) is 0. The van der Waals surface area contributed by atoms with E-state index >= 15 is 0 Å².